The van der Waals surface area contributed by atoms with E-state index in [-0.39, 0.29) is 12.4 Å². The van der Waals surface area contributed by atoms with Crippen LogP contribution in [0.4, 0.5) is 5.69 Å². The standard InChI is InChI=1S/C26H38N2O.ClH/c1-2-6-25(24(5-1)23-7-13-26(14-8-23)11-3-4-12-26)28-17-15-27(16-18-28)21-22-9-19-29-20-10-22;/h1-2,5-7,22H,3-4,8-21H2;1H. The third-order valence-corrected chi connectivity index (χ3v) is 8.19. The first-order valence-corrected chi connectivity index (χ1v) is 12.1. The number of benzene rings is 1. The zero-order valence-corrected chi connectivity index (χ0v) is 19.3. The van der Waals surface area contributed by atoms with Gasteiger partial charge in [-0.2, -0.15) is 0 Å². The summed E-state index contributed by atoms with van der Waals surface area (Å²) in [7, 11) is 0. The fourth-order valence-corrected chi connectivity index (χ4v) is 6.25. The molecule has 0 atom stereocenters. The van der Waals surface area contributed by atoms with Crippen LogP contribution in [-0.2, 0) is 4.74 Å². The van der Waals surface area contributed by atoms with Crippen molar-refractivity contribution >= 4 is 23.7 Å². The number of piperazine rings is 1. The highest BCUT2D eigenvalue weighted by atomic mass is 35.5. The van der Waals surface area contributed by atoms with Crippen LogP contribution in [0.1, 0.15) is 63.4 Å². The maximum absolute atomic E-state index is 5.53. The third kappa shape index (κ3) is 4.89. The molecule has 1 aromatic rings. The van der Waals surface area contributed by atoms with Crippen LogP contribution in [0, 0.1) is 11.3 Å². The summed E-state index contributed by atoms with van der Waals surface area (Å²) in [6.45, 7) is 7.94. The third-order valence-electron chi connectivity index (χ3n) is 8.19. The second kappa shape index (κ2) is 10.1. The van der Waals surface area contributed by atoms with Gasteiger partial charge in [-0.15, -0.1) is 12.4 Å². The summed E-state index contributed by atoms with van der Waals surface area (Å²) in [5, 5.41) is 0. The summed E-state index contributed by atoms with van der Waals surface area (Å²) in [5.74, 6) is 0.845. The van der Waals surface area contributed by atoms with E-state index in [0.29, 0.717) is 5.41 Å². The molecule has 4 heteroatoms. The number of hydrogen-bond acceptors (Lipinski definition) is 3. The van der Waals surface area contributed by atoms with Gasteiger partial charge in [0.05, 0.1) is 0 Å². The number of allylic oxidation sites excluding steroid dienone is 2. The van der Waals surface area contributed by atoms with Crippen LogP contribution in [0.2, 0.25) is 0 Å². The molecule has 0 radical (unpaired) electrons. The molecule has 2 aliphatic heterocycles. The van der Waals surface area contributed by atoms with Gasteiger partial charge in [0.2, 0.25) is 0 Å². The number of para-hydroxylation sites is 1. The molecule has 0 unspecified atom stereocenters. The molecule has 4 aliphatic rings. The molecule has 2 heterocycles. The lowest BCUT2D eigenvalue weighted by atomic mass is 9.72. The van der Waals surface area contributed by atoms with Crippen LogP contribution in [-0.4, -0.2) is 50.8 Å². The Hall–Kier alpha value is -1.03. The molecule has 0 aromatic heterocycles. The van der Waals surface area contributed by atoms with Crippen LogP contribution in [0.15, 0.2) is 30.3 Å². The van der Waals surface area contributed by atoms with Gasteiger partial charge in [0.25, 0.3) is 0 Å². The SMILES string of the molecule is C1=C(c2ccccc2N2CCN(CC3CCOCC3)CC2)CCC2(C1)CCCC2.Cl. The van der Waals surface area contributed by atoms with Crippen molar-refractivity contribution in [2.75, 3.05) is 50.8 Å². The lowest BCUT2D eigenvalue weighted by Gasteiger charge is -2.39. The second-order valence-corrected chi connectivity index (χ2v) is 10.0. The Kier molecular flexibility index (Phi) is 7.44. The molecule has 1 saturated carbocycles. The quantitative estimate of drug-likeness (QED) is 0.601. The van der Waals surface area contributed by atoms with E-state index in [1.807, 2.05) is 0 Å². The molecule has 0 bridgehead atoms. The van der Waals surface area contributed by atoms with E-state index in [2.05, 4.69) is 40.1 Å². The molecule has 30 heavy (non-hydrogen) atoms. The first kappa shape index (κ1) is 22.2. The fourth-order valence-electron chi connectivity index (χ4n) is 6.25. The Labute approximate surface area is 189 Å². The lowest BCUT2D eigenvalue weighted by Crippen LogP contribution is -2.48. The molecule has 2 saturated heterocycles. The van der Waals surface area contributed by atoms with Crippen molar-refractivity contribution < 1.29 is 4.74 Å². The van der Waals surface area contributed by atoms with Gasteiger partial charge in [0.15, 0.2) is 0 Å². The van der Waals surface area contributed by atoms with Crippen molar-refractivity contribution in [3.05, 3.63) is 35.9 Å². The zero-order chi connectivity index (χ0) is 19.5. The van der Waals surface area contributed by atoms with E-state index in [1.54, 1.807) is 5.57 Å². The minimum Gasteiger partial charge on any atom is -0.381 e. The minimum absolute atomic E-state index is 0. The first-order chi connectivity index (χ1) is 14.3. The monoisotopic (exact) mass is 430 g/mol. The zero-order valence-electron chi connectivity index (χ0n) is 18.5. The van der Waals surface area contributed by atoms with Crippen LogP contribution in [0.25, 0.3) is 5.57 Å². The average molecular weight is 431 g/mol. The average Bonchev–Trinajstić information content (AvgIpc) is 3.24. The Bertz CT molecular complexity index is 713. The van der Waals surface area contributed by atoms with Gasteiger partial charge in [0.1, 0.15) is 0 Å². The predicted octanol–water partition coefficient (Wildman–Crippen LogP) is 5.78. The molecule has 0 N–H and O–H groups in total. The number of hydrogen-bond donors (Lipinski definition) is 0. The van der Waals surface area contributed by atoms with Crippen molar-refractivity contribution in [3.63, 3.8) is 0 Å². The lowest BCUT2D eigenvalue weighted by molar-refractivity contribution is 0.0517. The fraction of sp³-hybridized carbons (Fsp3) is 0.692. The number of halogens is 1. The normalized spacial score (nSPS) is 25.2. The molecule has 0 amide bonds. The van der Waals surface area contributed by atoms with E-state index in [1.165, 1.54) is 88.7 Å². The summed E-state index contributed by atoms with van der Waals surface area (Å²) < 4.78 is 5.53. The number of ether oxygens (including phenoxy) is 1. The molecule has 3 fully saturated rings. The van der Waals surface area contributed by atoms with E-state index < -0.39 is 0 Å². The Balaban J connectivity index is 0.00000218. The van der Waals surface area contributed by atoms with Crippen molar-refractivity contribution in [1.82, 2.24) is 4.90 Å². The minimum atomic E-state index is 0. The van der Waals surface area contributed by atoms with Crippen molar-refractivity contribution in [2.45, 2.75) is 57.8 Å². The van der Waals surface area contributed by atoms with Gasteiger partial charge in [-0.3, -0.25) is 4.90 Å². The largest absolute Gasteiger partial charge is 0.381 e. The summed E-state index contributed by atoms with van der Waals surface area (Å²) in [6, 6.07) is 9.21. The van der Waals surface area contributed by atoms with Gasteiger partial charge < -0.3 is 9.64 Å². The molecular weight excluding hydrogens is 392 g/mol. The van der Waals surface area contributed by atoms with Gasteiger partial charge in [-0.05, 0) is 67.9 Å². The Morgan fingerprint density at radius 3 is 2.37 bits per heavy atom. The number of rotatable bonds is 4. The highest BCUT2D eigenvalue weighted by Gasteiger charge is 2.35. The predicted molar refractivity (Wildman–Crippen MR) is 129 cm³/mol. The topological polar surface area (TPSA) is 15.7 Å². The molecule has 5 rings (SSSR count). The number of nitrogens with zero attached hydrogens (tertiary/aromatic N) is 2. The van der Waals surface area contributed by atoms with E-state index in [9.17, 15) is 0 Å². The molecule has 3 nitrogen and oxygen atoms in total. The first-order valence-electron chi connectivity index (χ1n) is 12.1. The van der Waals surface area contributed by atoms with Crippen molar-refractivity contribution in [2.24, 2.45) is 11.3 Å². The highest BCUT2D eigenvalue weighted by molar-refractivity contribution is 5.85. The summed E-state index contributed by atoms with van der Waals surface area (Å²) in [6.07, 6.45) is 15.0. The van der Waals surface area contributed by atoms with Crippen LogP contribution in [0.5, 0.6) is 0 Å². The van der Waals surface area contributed by atoms with Crippen LogP contribution >= 0.6 is 12.4 Å². The summed E-state index contributed by atoms with van der Waals surface area (Å²) >= 11 is 0. The second-order valence-electron chi connectivity index (χ2n) is 10.0. The smallest absolute Gasteiger partial charge is 0.0469 e. The van der Waals surface area contributed by atoms with Gasteiger partial charge >= 0.3 is 0 Å². The maximum atomic E-state index is 5.53. The number of anilines is 1. The van der Waals surface area contributed by atoms with E-state index >= 15 is 0 Å². The van der Waals surface area contributed by atoms with Crippen LogP contribution < -0.4 is 4.90 Å². The summed E-state index contributed by atoms with van der Waals surface area (Å²) in [4.78, 5) is 5.34. The molecule has 166 valence electrons. The van der Waals surface area contributed by atoms with Crippen LogP contribution in [0.3, 0.4) is 0 Å². The molecule has 1 spiro atoms. The maximum Gasteiger partial charge on any atom is 0.0469 e. The van der Waals surface area contributed by atoms with E-state index in [0.717, 1.165) is 32.2 Å². The Morgan fingerprint density at radius 2 is 1.67 bits per heavy atom. The molecular formula is C26H39ClN2O. The molecule has 2 aliphatic carbocycles. The summed E-state index contributed by atoms with van der Waals surface area (Å²) in [5.41, 5.74) is 5.27. The van der Waals surface area contributed by atoms with Gasteiger partial charge in [-0.25, -0.2) is 0 Å². The van der Waals surface area contributed by atoms with Crippen molar-refractivity contribution in [3.8, 4) is 0 Å². The molecule has 1 aromatic carbocycles. The van der Waals surface area contributed by atoms with Gasteiger partial charge in [0, 0.05) is 57.2 Å². The van der Waals surface area contributed by atoms with Crippen molar-refractivity contribution in [1.29, 1.82) is 0 Å². The van der Waals surface area contributed by atoms with Gasteiger partial charge in [-0.1, -0.05) is 37.1 Å². The Morgan fingerprint density at radius 1 is 0.933 bits per heavy atom. The van der Waals surface area contributed by atoms with E-state index in [4.69, 9.17) is 4.74 Å². The highest BCUT2D eigenvalue weighted by Crippen LogP contribution is 2.50.